The number of halogens is 1. The Balaban J connectivity index is 1.91. The van der Waals surface area contributed by atoms with Crippen LogP contribution < -0.4 is 0 Å². The average Bonchev–Trinajstić information content (AvgIpc) is 2.67. The van der Waals surface area contributed by atoms with E-state index in [1.807, 2.05) is 54.6 Å². The van der Waals surface area contributed by atoms with Crippen molar-refractivity contribution in [3.05, 3.63) is 88.5 Å². The minimum Gasteiger partial charge on any atom is -0.465 e. The number of esters is 1. The highest BCUT2D eigenvalue weighted by atomic mass is 35.5. The molecule has 2 atom stereocenters. The monoisotopic (exact) mass is 380 g/mol. The molecule has 2 aromatic rings. The van der Waals surface area contributed by atoms with E-state index < -0.39 is 11.9 Å². The molecular weight excluding hydrogens is 360 g/mol. The first-order valence-electron chi connectivity index (χ1n) is 8.98. The number of ether oxygens (including phenoxy) is 1. The molecule has 27 heavy (non-hydrogen) atoms. The van der Waals surface area contributed by atoms with E-state index in [4.69, 9.17) is 16.3 Å². The first kappa shape index (κ1) is 19.1. The molecule has 0 N–H and O–H groups in total. The Labute approximate surface area is 164 Å². The number of allylic oxidation sites excluding steroid dienone is 3. The third-order valence-electron chi connectivity index (χ3n) is 4.62. The van der Waals surface area contributed by atoms with Crippen LogP contribution in [0.3, 0.4) is 0 Å². The maximum absolute atomic E-state index is 12.7. The van der Waals surface area contributed by atoms with E-state index in [0.717, 1.165) is 16.7 Å². The van der Waals surface area contributed by atoms with Crippen molar-refractivity contribution in [1.82, 2.24) is 0 Å². The van der Waals surface area contributed by atoms with Crippen LogP contribution in [0.2, 0.25) is 5.02 Å². The molecule has 3 rings (SSSR count). The van der Waals surface area contributed by atoms with Gasteiger partial charge in [0.15, 0.2) is 5.78 Å². The molecule has 0 aliphatic heterocycles. The highest BCUT2D eigenvalue weighted by Gasteiger charge is 2.39. The third kappa shape index (κ3) is 4.75. The Morgan fingerprint density at radius 3 is 2.48 bits per heavy atom. The van der Waals surface area contributed by atoms with E-state index in [1.54, 1.807) is 25.1 Å². The van der Waals surface area contributed by atoms with Gasteiger partial charge in [0.2, 0.25) is 0 Å². The second-order valence-corrected chi connectivity index (χ2v) is 6.89. The Morgan fingerprint density at radius 2 is 1.81 bits per heavy atom. The van der Waals surface area contributed by atoms with Gasteiger partial charge in [-0.3, -0.25) is 9.59 Å². The normalized spacial score (nSPS) is 19.8. The summed E-state index contributed by atoms with van der Waals surface area (Å²) in [6.07, 6.45) is 6.06. The van der Waals surface area contributed by atoms with Gasteiger partial charge < -0.3 is 4.74 Å². The van der Waals surface area contributed by atoms with Crippen LogP contribution in [0.1, 0.15) is 30.4 Å². The molecule has 0 amide bonds. The number of ketones is 1. The first-order valence-corrected chi connectivity index (χ1v) is 9.36. The summed E-state index contributed by atoms with van der Waals surface area (Å²) < 4.78 is 5.16. The molecule has 0 unspecified atom stereocenters. The maximum Gasteiger partial charge on any atom is 0.317 e. The minimum absolute atomic E-state index is 0.215. The van der Waals surface area contributed by atoms with Crippen molar-refractivity contribution in [2.45, 2.75) is 19.3 Å². The SMILES string of the molecule is CCOC(=O)[C@@H]1C(=O)C=C(/C=C\c2ccccc2)C[C@@H]1c1ccc(Cl)cc1. The average molecular weight is 381 g/mol. The van der Waals surface area contributed by atoms with Gasteiger partial charge >= 0.3 is 5.97 Å². The Kier molecular flexibility index (Phi) is 6.25. The van der Waals surface area contributed by atoms with Crippen molar-refractivity contribution >= 4 is 29.4 Å². The fraction of sp³-hybridized carbons (Fsp3) is 0.217. The third-order valence-corrected chi connectivity index (χ3v) is 4.87. The molecule has 0 radical (unpaired) electrons. The highest BCUT2D eigenvalue weighted by molar-refractivity contribution is 6.30. The molecule has 0 saturated carbocycles. The predicted octanol–water partition coefficient (Wildman–Crippen LogP) is 5.22. The summed E-state index contributed by atoms with van der Waals surface area (Å²) in [5.41, 5.74) is 2.86. The predicted molar refractivity (Wildman–Crippen MR) is 107 cm³/mol. The van der Waals surface area contributed by atoms with Gasteiger partial charge in [-0.25, -0.2) is 0 Å². The summed E-state index contributed by atoms with van der Waals surface area (Å²) >= 11 is 5.99. The van der Waals surface area contributed by atoms with Crippen LogP contribution in [0.4, 0.5) is 0 Å². The summed E-state index contributed by atoms with van der Waals surface area (Å²) in [5.74, 6) is -1.77. The lowest BCUT2D eigenvalue weighted by Gasteiger charge is -2.28. The van der Waals surface area contributed by atoms with Gasteiger partial charge in [0.1, 0.15) is 5.92 Å². The number of carbonyl (C=O) groups excluding carboxylic acids is 2. The fourth-order valence-corrected chi connectivity index (χ4v) is 3.44. The highest BCUT2D eigenvalue weighted by Crippen LogP contribution is 2.37. The van der Waals surface area contributed by atoms with E-state index >= 15 is 0 Å². The first-order chi connectivity index (χ1) is 13.1. The molecule has 1 aliphatic carbocycles. The summed E-state index contributed by atoms with van der Waals surface area (Å²) in [7, 11) is 0. The fourth-order valence-electron chi connectivity index (χ4n) is 3.32. The van der Waals surface area contributed by atoms with Crippen molar-refractivity contribution in [2.24, 2.45) is 5.92 Å². The minimum atomic E-state index is -0.819. The molecule has 0 spiro atoms. The zero-order valence-electron chi connectivity index (χ0n) is 15.1. The van der Waals surface area contributed by atoms with Crippen molar-refractivity contribution in [3.8, 4) is 0 Å². The molecule has 0 aromatic heterocycles. The number of benzene rings is 2. The van der Waals surface area contributed by atoms with Crippen LogP contribution in [0, 0.1) is 5.92 Å². The molecule has 0 saturated heterocycles. The number of rotatable bonds is 5. The molecule has 3 nitrogen and oxygen atoms in total. The van der Waals surface area contributed by atoms with E-state index in [9.17, 15) is 9.59 Å². The summed E-state index contributed by atoms with van der Waals surface area (Å²) in [6.45, 7) is 1.99. The van der Waals surface area contributed by atoms with Crippen molar-refractivity contribution in [2.75, 3.05) is 6.61 Å². The van der Waals surface area contributed by atoms with E-state index in [1.165, 1.54) is 0 Å². The van der Waals surface area contributed by atoms with Crippen molar-refractivity contribution in [1.29, 1.82) is 0 Å². The standard InChI is InChI=1S/C23H21ClO3/c1-2-27-23(26)22-20(18-10-12-19(24)13-11-18)14-17(15-21(22)25)9-8-16-6-4-3-5-7-16/h3-13,15,20,22H,2,14H2,1H3/b9-8-/t20-,22+/m1/s1. The topological polar surface area (TPSA) is 43.4 Å². The zero-order valence-corrected chi connectivity index (χ0v) is 15.9. The summed E-state index contributed by atoms with van der Waals surface area (Å²) in [5, 5.41) is 0.619. The molecule has 2 aromatic carbocycles. The van der Waals surface area contributed by atoms with Crippen LogP contribution in [-0.2, 0) is 14.3 Å². The van der Waals surface area contributed by atoms with Gasteiger partial charge in [0, 0.05) is 10.9 Å². The Hall–Kier alpha value is -2.65. The van der Waals surface area contributed by atoms with Crippen LogP contribution in [0.15, 0.2) is 72.3 Å². The van der Waals surface area contributed by atoms with Crippen LogP contribution in [-0.4, -0.2) is 18.4 Å². The summed E-state index contributed by atoms with van der Waals surface area (Å²) in [4.78, 5) is 25.2. The van der Waals surface area contributed by atoms with Gasteiger partial charge in [-0.15, -0.1) is 0 Å². The van der Waals surface area contributed by atoms with Crippen molar-refractivity contribution < 1.29 is 14.3 Å². The van der Waals surface area contributed by atoms with E-state index in [2.05, 4.69) is 0 Å². The van der Waals surface area contributed by atoms with E-state index in [-0.39, 0.29) is 18.3 Å². The number of carbonyl (C=O) groups is 2. The second kappa shape index (κ2) is 8.83. The lowest BCUT2D eigenvalue weighted by Crippen LogP contribution is -2.34. The van der Waals surface area contributed by atoms with Crippen LogP contribution in [0.5, 0.6) is 0 Å². The van der Waals surface area contributed by atoms with Crippen molar-refractivity contribution in [3.63, 3.8) is 0 Å². The summed E-state index contributed by atoms with van der Waals surface area (Å²) in [6, 6.07) is 17.2. The van der Waals surface area contributed by atoms with Gasteiger partial charge in [-0.2, -0.15) is 0 Å². The maximum atomic E-state index is 12.7. The molecule has 4 heteroatoms. The van der Waals surface area contributed by atoms with E-state index in [0.29, 0.717) is 11.4 Å². The van der Waals surface area contributed by atoms with Gasteiger partial charge in [0.05, 0.1) is 6.61 Å². The lowest BCUT2D eigenvalue weighted by atomic mass is 9.75. The zero-order chi connectivity index (χ0) is 19.2. The largest absolute Gasteiger partial charge is 0.465 e. The number of hydrogen-bond acceptors (Lipinski definition) is 3. The second-order valence-electron chi connectivity index (χ2n) is 6.46. The Morgan fingerprint density at radius 1 is 1.11 bits per heavy atom. The van der Waals surface area contributed by atoms with Crippen LogP contribution >= 0.6 is 11.6 Å². The molecule has 0 bridgehead atoms. The lowest BCUT2D eigenvalue weighted by molar-refractivity contribution is -0.151. The van der Waals surface area contributed by atoms with Gasteiger partial charge in [-0.1, -0.05) is 66.2 Å². The molecular formula is C23H21ClO3. The molecule has 1 aliphatic rings. The van der Waals surface area contributed by atoms with Crippen LogP contribution in [0.25, 0.3) is 6.08 Å². The Bertz CT molecular complexity index is 866. The molecule has 0 heterocycles. The molecule has 0 fully saturated rings. The van der Waals surface area contributed by atoms with Gasteiger partial charge in [-0.05, 0) is 48.3 Å². The number of hydrogen-bond donors (Lipinski definition) is 0. The molecule has 138 valence electrons. The smallest absolute Gasteiger partial charge is 0.317 e. The quantitative estimate of drug-likeness (QED) is 0.528. The van der Waals surface area contributed by atoms with Gasteiger partial charge in [0.25, 0.3) is 0 Å².